The van der Waals surface area contributed by atoms with E-state index in [9.17, 15) is 14.4 Å². The van der Waals surface area contributed by atoms with Gasteiger partial charge in [-0.2, -0.15) is 0 Å². The Bertz CT molecular complexity index is 1950. The number of fused-ring (bicyclic) bond motifs is 6. The van der Waals surface area contributed by atoms with E-state index in [4.69, 9.17) is 10.2 Å². The van der Waals surface area contributed by atoms with Crippen molar-refractivity contribution in [3.8, 4) is 0 Å². The number of carbonyl (C=O) groups is 2. The van der Waals surface area contributed by atoms with E-state index in [0.717, 1.165) is 10.8 Å². The summed E-state index contributed by atoms with van der Waals surface area (Å²) in [6.45, 7) is 1.48. The van der Waals surface area contributed by atoms with Gasteiger partial charge in [0, 0.05) is 11.6 Å². The van der Waals surface area contributed by atoms with E-state index >= 15 is 0 Å². The second-order valence-electron chi connectivity index (χ2n) is 10.3. The third kappa shape index (κ3) is 5.93. The van der Waals surface area contributed by atoms with Gasteiger partial charge in [-0.1, -0.05) is 72.8 Å². The number of H-pyrrole nitrogens is 1. The minimum Gasteiger partial charge on any atom is -0.478 e. The third-order valence-corrected chi connectivity index (χ3v) is 7.73. The zero-order valence-corrected chi connectivity index (χ0v) is 23.3. The van der Waals surface area contributed by atoms with Gasteiger partial charge in [0.2, 0.25) is 0 Å². The van der Waals surface area contributed by atoms with Crippen LogP contribution < -0.4 is 5.56 Å². The lowest BCUT2D eigenvalue weighted by molar-refractivity contribution is 0.0696. The number of rotatable bonds is 2. The predicted octanol–water partition coefficient (Wildman–Crippen LogP) is 7.79. The van der Waals surface area contributed by atoms with Crippen molar-refractivity contribution in [2.24, 2.45) is 0 Å². The number of hydrogen-bond acceptors (Lipinski definition) is 3. The quantitative estimate of drug-likeness (QED) is 0.188. The molecule has 0 spiro atoms. The van der Waals surface area contributed by atoms with E-state index in [-0.39, 0.29) is 22.2 Å². The number of carboxylic acid groups (broad SMARTS) is 2. The first-order valence-corrected chi connectivity index (χ1v) is 13.9. The number of aromatic carboxylic acids is 2. The zero-order chi connectivity index (χ0) is 29.6. The first kappa shape index (κ1) is 28.3. The maximum atomic E-state index is 11.1. The van der Waals surface area contributed by atoms with Gasteiger partial charge in [0.15, 0.2) is 0 Å². The molecule has 1 aliphatic carbocycles. The van der Waals surface area contributed by atoms with Crippen LogP contribution in [0.5, 0.6) is 0 Å². The van der Waals surface area contributed by atoms with Crippen LogP contribution in [0, 0.1) is 6.92 Å². The maximum absolute atomic E-state index is 11.1. The van der Waals surface area contributed by atoms with E-state index in [1.807, 2.05) is 30.3 Å². The molecule has 0 amide bonds. The molecule has 0 atom stereocenters. The van der Waals surface area contributed by atoms with Crippen LogP contribution in [0.4, 0.5) is 0 Å². The normalized spacial score (nSPS) is 12.0. The van der Waals surface area contributed by atoms with E-state index in [2.05, 4.69) is 53.5 Å². The van der Waals surface area contributed by atoms with Crippen molar-refractivity contribution in [2.45, 2.75) is 32.6 Å². The summed E-state index contributed by atoms with van der Waals surface area (Å²) in [7, 11) is 0. The highest BCUT2D eigenvalue weighted by Crippen LogP contribution is 2.33. The molecular weight excluding hydrogens is 526 g/mol. The minimum absolute atomic E-state index is 0.0249. The number of pyridine rings is 1. The van der Waals surface area contributed by atoms with E-state index in [1.165, 1.54) is 72.4 Å². The van der Waals surface area contributed by atoms with E-state index < -0.39 is 11.9 Å². The molecule has 0 bridgehead atoms. The Kier molecular flexibility index (Phi) is 8.44. The van der Waals surface area contributed by atoms with Crippen LogP contribution in [0.1, 0.15) is 50.2 Å². The average molecular weight is 558 g/mol. The molecule has 0 saturated carbocycles. The molecule has 0 fully saturated rings. The largest absolute Gasteiger partial charge is 0.478 e. The Morgan fingerprint density at radius 3 is 1.88 bits per heavy atom. The highest BCUT2D eigenvalue weighted by atomic mass is 16.4. The number of carboxylic acids is 2. The van der Waals surface area contributed by atoms with Gasteiger partial charge in [0.05, 0.1) is 11.1 Å². The van der Waals surface area contributed by atoms with Crippen LogP contribution in [-0.2, 0) is 12.8 Å². The van der Waals surface area contributed by atoms with Crippen LogP contribution in [-0.4, -0.2) is 27.1 Å². The van der Waals surface area contributed by atoms with Gasteiger partial charge in [-0.15, -0.1) is 0 Å². The summed E-state index contributed by atoms with van der Waals surface area (Å²) in [4.78, 5) is 34.9. The van der Waals surface area contributed by atoms with Crippen molar-refractivity contribution in [2.75, 3.05) is 0 Å². The molecule has 0 unspecified atom stereocenters. The molecule has 6 nitrogen and oxygen atoms in total. The fourth-order valence-electron chi connectivity index (χ4n) is 5.58. The van der Waals surface area contributed by atoms with Crippen LogP contribution in [0.15, 0.2) is 108 Å². The Hall–Kier alpha value is -5.23. The molecular formula is C36H31NO5. The first-order valence-electron chi connectivity index (χ1n) is 13.9. The van der Waals surface area contributed by atoms with Crippen molar-refractivity contribution in [1.29, 1.82) is 0 Å². The Balaban J connectivity index is 0.000000131. The van der Waals surface area contributed by atoms with E-state index in [1.54, 1.807) is 17.3 Å². The lowest BCUT2D eigenvalue weighted by Crippen LogP contribution is -2.06. The van der Waals surface area contributed by atoms with Gasteiger partial charge in [0.1, 0.15) is 0 Å². The summed E-state index contributed by atoms with van der Waals surface area (Å²) in [6, 6.07) is 31.5. The molecule has 1 aliphatic rings. The molecule has 6 aromatic rings. The smallest absolute Gasteiger partial charge is 0.335 e. The molecule has 5 aromatic carbocycles. The second-order valence-corrected chi connectivity index (χ2v) is 10.3. The Morgan fingerprint density at radius 2 is 1.21 bits per heavy atom. The highest BCUT2D eigenvalue weighted by Gasteiger charge is 2.14. The molecule has 0 radical (unpaired) electrons. The molecule has 1 heterocycles. The van der Waals surface area contributed by atoms with Gasteiger partial charge in [-0.3, -0.25) is 4.79 Å². The number of aryl methyl sites for hydroxylation is 2. The summed E-state index contributed by atoms with van der Waals surface area (Å²) in [6.07, 6.45) is 6.87. The molecule has 6 heteroatoms. The first-order chi connectivity index (χ1) is 20.3. The van der Waals surface area contributed by atoms with E-state index in [0.29, 0.717) is 0 Å². The minimum atomic E-state index is -1.11. The highest BCUT2D eigenvalue weighted by molar-refractivity contribution is 6.08. The average Bonchev–Trinajstić information content (AvgIpc) is 3.01. The standard InChI is InChI=1S/C18H16.C9H7NO.C9H8O4/c1-3-7-15-13(5-1)9-11-18-16-8-4-2-6-14(16)10-12-17(15)18;11-9-8-4-2-1-3-7(8)5-6-10-9;1-5-6(8(10)11)3-2-4-7(5)9(12)13/h1,3,5,7,9-12H,2,4,6,8H2;1-6H,(H,10,11);2-4H,1H3,(H,10,11)(H,12,13). The molecule has 7 rings (SSSR count). The van der Waals surface area contributed by atoms with Crippen molar-refractivity contribution < 1.29 is 19.8 Å². The van der Waals surface area contributed by atoms with Gasteiger partial charge >= 0.3 is 11.9 Å². The number of benzene rings is 5. The number of aromatic nitrogens is 1. The molecule has 210 valence electrons. The van der Waals surface area contributed by atoms with Crippen molar-refractivity contribution in [1.82, 2.24) is 4.98 Å². The topological polar surface area (TPSA) is 107 Å². The summed E-state index contributed by atoms with van der Waals surface area (Å²) >= 11 is 0. The van der Waals surface area contributed by atoms with Gasteiger partial charge in [-0.25, -0.2) is 9.59 Å². The summed E-state index contributed by atoms with van der Waals surface area (Å²) in [5.41, 5.74) is 3.49. The molecule has 3 N–H and O–H groups in total. The maximum Gasteiger partial charge on any atom is 0.335 e. The fraction of sp³-hybridized carbons (Fsp3) is 0.139. The monoisotopic (exact) mass is 557 g/mol. The Labute approximate surface area is 242 Å². The van der Waals surface area contributed by atoms with Crippen LogP contribution in [0.25, 0.3) is 32.3 Å². The SMILES string of the molecule is Cc1c(C(=O)O)cccc1C(=O)O.O=c1[nH]ccc2ccccc12.c1ccc2c(c1)ccc1c3c(ccc12)CCCC3. The van der Waals surface area contributed by atoms with Gasteiger partial charge in [0.25, 0.3) is 5.56 Å². The summed E-state index contributed by atoms with van der Waals surface area (Å²) in [5.74, 6) is -2.22. The number of nitrogens with one attached hydrogen (secondary N) is 1. The third-order valence-electron chi connectivity index (χ3n) is 7.73. The summed E-state index contributed by atoms with van der Waals surface area (Å²) < 4.78 is 0. The number of aromatic amines is 1. The van der Waals surface area contributed by atoms with Crippen LogP contribution in [0.3, 0.4) is 0 Å². The zero-order valence-electron chi connectivity index (χ0n) is 23.3. The summed E-state index contributed by atoms with van der Waals surface area (Å²) in [5, 5.41) is 24.7. The Morgan fingerprint density at radius 1 is 0.619 bits per heavy atom. The van der Waals surface area contributed by atoms with Crippen LogP contribution >= 0.6 is 0 Å². The molecule has 0 aliphatic heterocycles. The van der Waals surface area contributed by atoms with Crippen molar-refractivity contribution in [3.05, 3.63) is 141 Å². The van der Waals surface area contributed by atoms with Crippen LogP contribution in [0.2, 0.25) is 0 Å². The fourth-order valence-corrected chi connectivity index (χ4v) is 5.58. The lowest BCUT2D eigenvalue weighted by atomic mass is 9.86. The molecule has 1 aromatic heterocycles. The number of hydrogen-bond donors (Lipinski definition) is 3. The molecule has 0 saturated heterocycles. The van der Waals surface area contributed by atoms with Crippen molar-refractivity contribution in [3.63, 3.8) is 0 Å². The predicted molar refractivity (Wildman–Crippen MR) is 168 cm³/mol. The van der Waals surface area contributed by atoms with Crippen molar-refractivity contribution >= 4 is 44.3 Å². The second kappa shape index (κ2) is 12.5. The lowest BCUT2D eigenvalue weighted by Gasteiger charge is -2.18. The van der Waals surface area contributed by atoms with Gasteiger partial charge in [-0.05, 0) is 100 Å². The van der Waals surface area contributed by atoms with Gasteiger partial charge < -0.3 is 15.2 Å². The molecule has 42 heavy (non-hydrogen) atoms.